The van der Waals surface area contributed by atoms with Crippen molar-refractivity contribution in [3.8, 4) is 0 Å². The van der Waals surface area contributed by atoms with Crippen LogP contribution in [0.2, 0.25) is 0 Å². The summed E-state index contributed by atoms with van der Waals surface area (Å²) in [6.07, 6.45) is 3.58. The Morgan fingerprint density at radius 2 is 1.93 bits per heavy atom. The number of likely N-dealkylation sites (N-methyl/N-ethyl adjacent to an activating group) is 1. The zero-order chi connectivity index (χ0) is 22.3. The van der Waals surface area contributed by atoms with E-state index in [9.17, 15) is 14.0 Å². The van der Waals surface area contributed by atoms with Crippen LogP contribution in [0.5, 0.6) is 0 Å². The Morgan fingerprint density at radius 3 is 2.57 bits per heavy atom. The van der Waals surface area contributed by atoms with Gasteiger partial charge < -0.3 is 11.1 Å². The second-order valence-corrected chi connectivity index (χ2v) is 11.2. The average molecular weight is 436 g/mol. The number of fused-ring (bicyclic) bond motifs is 2. The van der Waals surface area contributed by atoms with Gasteiger partial charge in [0.2, 0.25) is 11.8 Å². The lowest BCUT2D eigenvalue weighted by molar-refractivity contribution is -0.134. The van der Waals surface area contributed by atoms with Crippen molar-refractivity contribution in [3.63, 3.8) is 0 Å². The minimum atomic E-state index is -0.842. The molecule has 2 aliphatic rings. The van der Waals surface area contributed by atoms with Gasteiger partial charge in [0.05, 0.1) is 4.90 Å². The zero-order valence-corrected chi connectivity index (χ0v) is 19.4. The molecule has 1 aromatic carbocycles. The summed E-state index contributed by atoms with van der Waals surface area (Å²) in [7, 11) is 1.81. The van der Waals surface area contributed by atoms with E-state index in [0.717, 1.165) is 19.3 Å². The maximum absolute atomic E-state index is 14.1. The molecule has 2 saturated carbocycles. The molecule has 0 heterocycles. The predicted molar refractivity (Wildman–Crippen MR) is 118 cm³/mol. The molecule has 5 nitrogen and oxygen atoms in total. The van der Waals surface area contributed by atoms with Crippen LogP contribution in [-0.4, -0.2) is 34.7 Å². The molecule has 5 atom stereocenters. The van der Waals surface area contributed by atoms with Gasteiger partial charge in [-0.15, -0.1) is 0 Å². The summed E-state index contributed by atoms with van der Waals surface area (Å²) in [4.78, 5) is 25.8. The Balaban J connectivity index is 1.71. The fourth-order valence-corrected chi connectivity index (χ4v) is 6.10. The number of rotatable bonds is 6. The van der Waals surface area contributed by atoms with E-state index in [-0.39, 0.29) is 29.6 Å². The number of amides is 2. The molecule has 2 fully saturated rings. The quantitative estimate of drug-likeness (QED) is 0.663. The fraction of sp³-hybridized carbons (Fsp3) is 0.652. The number of hydrogen-bond donors (Lipinski definition) is 2. The molecular formula is C23H34FN3O2S. The monoisotopic (exact) mass is 435 g/mol. The van der Waals surface area contributed by atoms with Crippen LogP contribution >= 0.6 is 11.9 Å². The predicted octanol–water partition coefficient (Wildman–Crippen LogP) is 3.98. The molecule has 0 spiro atoms. The highest BCUT2D eigenvalue weighted by atomic mass is 32.2. The van der Waals surface area contributed by atoms with Crippen molar-refractivity contribution in [1.29, 1.82) is 0 Å². The van der Waals surface area contributed by atoms with Crippen LogP contribution < -0.4 is 11.1 Å². The molecule has 1 aromatic rings. The highest BCUT2D eigenvalue weighted by molar-refractivity contribution is 7.97. The number of primary amides is 1. The number of nitrogens with two attached hydrogens (primary N) is 1. The van der Waals surface area contributed by atoms with E-state index in [2.05, 4.69) is 12.2 Å². The van der Waals surface area contributed by atoms with Crippen molar-refractivity contribution in [2.45, 2.75) is 69.9 Å². The van der Waals surface area contributed by atoms with Crippen molar-refractivity contribution >= 4 is 23.8 Å². The Bertz CT molecular complexity index is 815. The minimum absolute atomic E-state index is 0.0128. The van der Waals surface area contributed by atoms with Crippen LogP contribution in [-0.2, 0) is 9.59 Å². The first kappa shape index (κ1) is 23.1. The summed E-state index contributed by atoms with van der Waals surface area (Å²) in [6, 6.07) is 6.58. The molecule has 0 aromatic heterocycles. The van der Waals surface area contributed by atoms with E-state index in [4.69, 9.17) is 5.73 Å². The lowest BCUT2D eigenvalue weighted by Gasteiger charge is -2.50. The van der Waals surface area contributed by atoms with Gasteiger partial charge in [-0.3, -0.25) is 9.59 Å². The molecule has 30 heavy (non-hydrogen) atoms. The molecule has 2 aliphatic carbocycles. The standard InChI is InChI=1S/C23H34FN3O2S/c1-14-10-15-11-16(13-23(4,12-15)20(25)28)19(14)26-21(29)22(2,3)27(5)30-18-9-7-6-8-17(18)24/h6-9,14-16,19H,10-13H2,1-5H3,(H2,25,28)(H,26,29). The summed E-state index contributed by atoms with van der Waals surface area (Å²) >= 11 is 1.23. The van der Waals surface area contributed by atoms with Crippen LogP contribution in [0.25, 0.3) is 0 Å². The smallest absolute Gasteiger partial charge is 0.241 e. The lowest BCUT2D eigenvalue weighted by atomic mass is 9.57. The third-order valence-corrected chi connectivity index (χ3v) is 8.48. The van der Waals surface area contributed by atoms with E-state index in [1.807, 2.05) is 27.8 Å². The Kier molecular flexibility index (Phi) is 6.54. The molecule has 166 valence electrons. The third kappa shape index (κ3) is 4.52. The molecule has 2 amide bonds. The van der Waals surface area contributed by atoms with Crippen molar-refractivity contribution in [2.75, 3.05) is 7.05 Å². The van der Waals surface area contributed by atoms with Gasteiger partial charge in [-0.25, -0.2) is 8.70 Å². The van der Waals surface area contributed by atoms with E-state index in [1.54, 1.807) is 22.5 Å². The average Bonchev–Trinajstić information content (AvgIpc) is 2.65. The SMILES string of the molecule is CC1CC2CC(CC(C)(C(N)=O)C2)C1NC(=O)C(C)(C)N(C)Sc1ccccc1F. The van der Waals surface area contributed by atoms with Gasteiger partial charge in [-0.1, -0.05) is 26.0 Å². The van der Waals surface area contributed by atoms with Crippen molar-refractivity contribution in [3.05, 3.63) is 30.1 Å². The maximum atomic E-state index is 14.1. The first-order chi connectivity index (χ1) is 13.9. The Labute approximate surface area is 183 Å². The number of nitrogens with one attached hydrogen (secondary N) is 1. The molecule has 7 heteroatoms. The number of carbonyl (C=O) groups excluding carboxylic acids is 2. The van der Waals surface area contributed by atoms with E-state index >= 15 is 0 Å². The molecular weight excluding hydrogens is 401 g/mol. The largest absolute Gasteiger partial charge is 0.369 e. The lowest BCUT2D eigenvalue weighted by Crippen LogP contribution is -2.59. The third-order valence-electron chi connectivity index (χ3n) is 7.22. The highest BCUT2D eigenvalue weighted by Gasteiger charge is 2.49. The summed E-state index contributed by atoms with van der Waals surface area (Å²) in [6.45, 7) is 7.84. The van der Waals surface area contributed by atoms with Crippen LogP contribution in [0.1, 0.15) is 53.4 Å². The van der Waals surface area contributed by atoms with Crippen LogP contribution in [0.4, 0.5) is 4.39 Å². The minimum Gasteiger partial charge on any atom is -0.369 e. The van der Waals surface area contributed by atoms with E-state index in [0.29, 0.717) is 23.2 Å². The Hall–Kier alpha value is -1.60. The second-order valence-electron chi connectivity index (χ2n) is 9.99. The zero-order valence-electron chi connectivity index (χ0n) is 18.6. The van der Waals surface area contributed by atoms with Crippen LogP contribution in [0.15, 0.2) is 29.2 Å². The molecule has 2 bridgehead atoms. The van der Waals surface area contributed by atoms with Gasteiger partial charge in [-0.2, -0.15) is 0 Å². The summed E-state index contributed by atoms with van der Waals surface area (Å²) in [5.74, 6) is 0.445. The molecule has 0 aliphatic heterocycles. The number of nitrogens with zero attached hydrogens (tertiary/aromatic N) is 1. The molecule has 5 unspecified atom stereocenters. The molecule has 0 radical (unpaired) electrons. The van der Waals surface area contributed by atoms with Crippen molar-refractivity contribution < 1.29 is 14.0 Å². The number of hydrogen-bond acceptors (Lipinski definition) is 4. The van der Waals surface area contributed by atoms with Crippen LogP contribution in [0, 0.1) is 29.0 Å². The van der Waals surface area contributed by atoms with Crippen molar-refractivity contribution in [1.82, 2.24) is 9.62 Å². The van der Waals surface area contributed by atoms with Gasteiger partial charge in [0.15, 0.2) is 0 Å². The number of carbonyl (C=O) groups is 2. The first-order valence-corrected chi connectivity index (χ1v) is 11.5. The maximum Gasteiger partial charge on any atom is 0.241 e. The summed E-state index contributed by atoms with van der Waals surface area (Å²) < 4.78 is 15.9. The fourth-order valence-electron chi connectivity index (χ4n) is 5.20. The van der Waals surface area contributed by atoms with E-state index in [1.165, 1.54) is 18.0 Å². The highest BCUT2D eigenvalue weighted by Crippen LogP contribution is 2.50. The van der Waals surface area contributed by atoms with E-state index < -0.39 is 11.0 Å². The number of halogens is 1. The van der Waals surface area contributed by atoms with Crippen molar-refractivity contribution in [2.24, 2.45) is 28.9 Å². The van der Waals surface area contributed by atoms with Gasteiger partial charge in [0, 0.05) is 11.5 Å². The number of benzene rings is 1. The molecule has 3 N–H and O–H groups in total. The second kappa shape index (κ2) is 8.50. The van der Waals surface area contributed by atoms with Gasteiger partial charge in [-0.05, 0) is 88.4 Å². The van der Waals surface area contributed by atoms with Gasteiger partial charge in [0.25, 0.3) is 0 Å². The molecule has 0 saturated heterocycles. The summed E-state index contributed by atoms with van der Waals surface area (Å²) in [5, 5.41) is 3.28. The molecule has 3 rings (SSSR count). The normalized spacial score (nSPS) is 31.4. The topological polar surface area (TPSA) is 75.4 Å². The van der Waals surface area contributed by atoms with Crippen LogP contribution in [0.3, 0.4) is 0 Å². The summed E-state index contributed by atoms with van der Waals surface area (Å²) in [5.41, 5.74) is 4.38. The van der Waals surface area contributed by atoms with Gasteiger partial charge in [0.1, 0.15) is 11.4 Å². The van der Waals surface area contributed by atoms with Gasteiger partial charge >= 0.3 is 0 Å². The first-order valence-electron chi connectivity index (χ1n) is 10.7. The Morgan fingerprint density at radius 1 is 1.27 bits per heavy atom.